The lowest BCUT2D eigenvalue weighted by Crippen LogP contribution is -2.30. The van der Waals surface area contributed by atoms with Crippen molar-refractivity contribution in [3.63, 3.8) is 0 Å². The van der Waals surface area contributed by atoms with Crippen LogP contribution in [0.4, 0.5) is 0 Å². The van der Waals surface area contributed by atoms with Gasteiger partial charge in [0.25, 0.3) is 0 Å². The highest BCUT2D eigenvalue weighted by atomic mass is 16.5. The number of carboxylic acid groups (broad SMARTS) is 1. The molecule has 1 rings (SSSR count). The van der Waals surface area contributed by atoms with Crippen molar-refractivity contribution < 1.29 is 14.6 Å². The SMILES string of the molecule is CC(C)(COCC1CCCCC1)C(=O)O. The fourth-order valence-electron chi connectivity index (χ4n) is 1.90. The van der Waals surface area contributed by atoms with Gasteiger partial charge in [0.2, 0.25) is 0 Å². The molecule has 3 nitrogen and oxygen atoms in total. The summed E-state index contributed by atoms with van der Waals surface area (Å²) in [6.45, 7) is 4.46. The Bertz CT molecular complexity index is 205. The van der Waals surface area contributed by atoms with E-state index in [4.69, 9.17) is 9.84 Å². The maximum atomic E-state index is 10.8. The Balaban J connectivity index is 2.17. The summed E-state index contributed by atoms with van der Waals surface area (Å²) in [4.78, 5) is 10.8. The van der Waals surface area contributed by atoms with Gasteiger partial charge >= 0.3 is 5.97 Å². The molecule has 1 fully saturated rings. The van der Waals surface area contributed by atoms with Crippen LogP contribution in [0.1, 0.15) is 46.0 Å². The molecule has 1 aliphatic carbocycles. The summed E-state index contributed by atoms with van der Waals surface area (Å²) in [5.41, 5.74) is -0.755. The van der Waals surface area contributed by atoms with E-state index in [9.17, 15) is 4.79 Å². The second-order valence-electron chi connectivity index (χ2n) is 5.21. The Morgan fingerprint density at radius 3 is 2.47 bits per heavy atom. The van der Waals surface area contributed by atoms with Crippen molar-refractivity contribution in [3.05, 3.63) is 0 Å². The summed E-state index contributed by atoms with van der Waals surface area (Å²) >= 11 is 0. The Labute approximate surface area is 91.8 Å². The van der Waals surface area contributed by atoms with Crippen molar-refractivity contribution >= 4 is 5.97 Å². The smallest absolute Gasteiger partial charge is 0.311 e. The van der Waals surface area contributed by atoms with Crippen LogP contribution in [0.2, 0.25) is 0 Å². The van der Waals surface area contributed by atoms with Crippen LogP contribution in [0.15, 0.2) is 0 Å². The second kappa shape index (κ2) is 5.50. The number of aliphatic carboxylic acids is 1. The van der Waals surface area contributed by atoms with Crippen molar-refractivity contribution in [2.24, 2.45) is 11.3 Å². The zero-order valence-electron chi connectivity index (χ0n) is 9.79. The van der Waals surface area contributed by atoms with E-state index in [1.165, 1.54) is 32.1 Å². The van der Waals surface area contributed by atoms with E-state index in [1.807, 2.05) is 0 Å². The summed E-state index contributed by atoms with van der Waals surface area (Å²) in [6, 6.07) is 0. The highest BCUT2D eigenvalue weighted by Gasteiger charge is 2.27. The number of hydrogen-bond acceptors (Lipinski definition) is 2. The zero-order valence-corrected chi connectivity index (χ0v) is 9.79. The standard InChI is InChI=1S/C12H22O3/c1-12(2,11(13)14)9-15-8-10-6-4-3-5-7-10/h10H,3-9H2,1-2H3,(H,13,14). The summed E-state index contributed by atoms with van der Waals surface area (Å²) < 4.78 is 5.52. The number of carboxylic acids is 1. The molecule has 3 heteroatoms. The van der Waals surface area contributed by atoms with Crippen molar-refractivity contribution in [1.29, 1.82) is 0 Å². The largest absolute Gasteiger partial charge is 0.481 e. The Morgan fingerprint density at radius 2 is 1.93 bits per heavy atom. The van der Waals surface area contributed by atoms with Gasteiger partial charge in [0.05, 0.1) is 12.0 Å². The third kappa shape index (κ3) is 4.20. The Morgan fingerprint density at radius 1 is 1.33 bits per heavy atom. The van der Waals surface area contributed by atoms with Gasteiger partial charge in [-0.3, -0.25) is 4.79 Å². The second-order valence-corrected chi connectivity index (χ2v) is 5.21. The van der Waals surface area contributed by atoms with Crippen LogP contribution in [0, 0.1) is 11.3 Å². The lowest BCUT2D eigenvalue weighted by atomic mass is 9.90. The monoisotopic (exact) mass is 214 g/mol. The third-order valence-corrected chi connectivity index (χ3v) is 3.12. The first-order valence-electron chi connectivity index (χ1n) is 5.83. The molecule has 0 heterocycles. The molecule has 1 saturated carbocycles. The molecule has 0 spiro atoms. The summed E-state index contributed by atoms with van der Waals surface area (Å²) in [5, 5.41) is 8.90. The molecular formula is C12H22O3. The lowest BCUT2D eigenvalue weighted by Gasteiger charge is -2.24. The van der Waals surface area contributed by atoms with E-state index in [-0.39, 0.29) is 0 Å². The molecule has 0 unspecified atom stereocenters. The zero-order chi connectivity index (χ0) is 11.3. The topological polar surface area (TPSA) is 46.5 Å². The molecule has 0 saturated heterocycles. The molecule has 0 aliphatic heterocycles. The number of ether oxygens (including phenoxy) is 1. The highest BCUT2D eigenvalue weighted by Crippen LogP contribution is 2.24. The molecule has 0 radical (unpaired) electrons. The van der Waals surface area contributed by atoms with Crippen LogP contribution >= 0.6 is 0 Å². The van der Waals surface area contributed by atoms with Crippen LogP contribution in [-0.4, -0.2) is 24.3 Å². The summed E-state index contributed by atoms with van der Waals surface area (Å²) in [6.07, 6.45) is 6.44. The van der Waals surface area contributed by atoms with Gasteiger partial charge in [-0.15, -0.1) is 0 Å². The van der Waals surface area contributed by atoms with Gasteiger partial charge in [-0.2, -0.15) is 0 Å². The molecule has 0 bridgehead atoms. The van der Waals surface area contributed by atoms with Crippen molar-refractivity contribution in [1.82, 2.24) is 0 Å². The highest BCUT2D eigenvalue weighted by molar-refractivity contribution is 5.73. The molecule has 88 valence electrons. The first-order chi connectivity index (χ1) is 7.02. The van der Waals surface area contributed by atoms with Crippen molar-refractivity contribution in [2.45, 2.75) is 46.0 Å². The van der Waals surface area contributed by atoms with E-state index in [0.29, 0.717) is 12.5 Å². The predicted molar refractivity (Wildman–Crippen MR) is 58.8 cm³/mol. The van der Waals surface area contributed by atoms with Gasteiger partial charge in [-0.25, -0.2) is 0 Å². The predicted octanol–water partition coefficient (Wildman–Crippen LogP) is 2.69. The number of hydrogen-bond donors (Lipinski definition) is 1. The van der Waals surface area contributed by atoms with Crippen LogP contribution in [0.3, 0.4) is 0 Å². The molecule has 1 N–H and O–H groups in total. The summed E-state index contributed by atoms with van der Waals surface area (Å²) in [5.74, 6) is -0.130. The molecule has 0 aromatic heterocycles. The van der Waals surface area contributed by atoms with Crippen LogP contribution in [-0.2, 0) is 9.53 Å². The minimum absolute atomic E-state index is 0.318. The van der Waals surface area contributed by atoms with Gasteiger partial charge in [0.1, 0.15) is 0 Å². The Hall–Kier alpha value is -0.570. The average molecular weight is 214 g/mol. The third-order valence-electron chi connectivity index (χ3n) is 3.12. The molecule has 15 heavy (non-hydrogen) atoms. The van der Waals surface area contributed by atoms with E-state index >= 15 is 0 Å². The fourth-order valence-corrected chi connectivity index (χ4v) is 1.90. The number of carbonyl (C=O) groups is 1. The van der Waals surface area contributed by atoms with Gasteiger partial charge in [0.15, 0.2) is 0 Å². The average Bonchev–Trinajstić information content (AvgIpc) is 2.19. The van der Waals surface area contributed by atoms with Gasteiger partial charge in [0, 0.05) is 6.61 Å². The first kappa shape index (κ1) is 12.5. The first-order valence-corrected chi connectivity index (χ1v) is 5.83. The van der Waals surface area contributed by atoms with Crippen molar-refractivity contribution in [3.8, 4) is 0 Å². The maximum Gasteiger partial charge on any atom is 0.311 e. The molecule has 0 aromatic rings. The lowest BCUT2D eigenvalue weighted by molar-refractivity contribution is -0.150. The Kier molecular flexibility index (Phi) is 4.58. The minimum atomic E-state index is -0.786. The van der Waals surface area contributed by atoms with Crippen LogP contribution < -0.4 is 0 Å². The van der Waals surface area contributed by atoms with E-state index < -0.39 is 11.4 Å². The molecule has 0 atom stereocenters. The van der Waals surface area contributed by atoms with Crippen molar-refractivity contribution in [2.75, 3.05) is 13.2 Å². The quantitative estimate of drug-likeness (QED) is 0.765. The minimum Gasteiger partial charge on any atom is -0.481 e. The van der Waals surface area contributed by atoms with Gasteiger partial charge < -0.3 is 9.84 Å². The van der Waals surface area contributed by atoms with Gasteiger partial charge in [-0.05, 0) is 32.6 Å². The van der Waals surface area contributed by atoms with Crippen LogP contribution in [0.25, 0.3) is 0 Å². The molecule has 0 aromatic carbocycles. The summed E-state index contributed by atoms with van der Waals surface area (Å²) in [7, 11) is 0. The number of rotatable bonds is 5. The maximum absolute atomic E-state index is 10.8. The van der Waals surface area contributed by atoms with Gasteiger partial charge in [-0.1, -0.05) is 19.3 Å². The van der Waals surface area contributed by atoms with E-state index in [2.05, 4.69) is 0 Å². The molecular weight excluding hydrogens is 192 g/mol. The molecule has 1 aliphatic rings. The van der Waals surface area contributed by atoms with Crippen LogP contribution in [0.5, 0.6) is 0 Å². The normalized spacial score (nSPS) is 19.1. The van der Waals surface area contributed by atoms with E-state index in [1.54, 1.807) is 13.8 Å². The fraction of sp³-hybridized carbons (Fsp3) is 0.917. The molecule has 0 amide bonds. The van der Waals surface area contributed by atoms with E-state index in [0.717, 1.165) is 6.61 Å².